The summed E-state index contributed by atoms with van der Waals surface area (Å²) >= 11 is 0. The van der Waals surface area contributed by atoms with Crippen molar-refractivity contribution in [2.75, 3.05) is 0 Å². The second-order valence-corrected chi connectivity index (χ2v) is 6.47. The molecule has 0 aliphatic rings. The van der Waals surface area contributed by atoms with Crippen LogP contribution in [0.2, 0.25) is 0 Å². The van der Waals surface area contributed by atoms with Crippen LogP contribution >= 0.6 is 0 Å². The van der Waals surface area contributed by atoms with E-state index in [1.165, 1.54) is 42.4 Å². The fourth-order valence-electron chi connectivity index (χ4n) is 2.97. The molecule has 0 aliphatic carbocycles. The summed E-state index contributed by atoms with van der Waals surface area (Å²) in [6, 6.07) is 6.21. The highest BCUT2D eigenvalue weighted by atomic mass is 79.9. The number of aryl methyl sites for hydroxylation is 3. The van der Waals surface area contributed by atoms with Gasteiger partial charge in [0.15, 0.2) is 5.78 Å². The molecule has 0 aliphatic heterocycles. The van der Waals surface area contributed by atoms with Crippen molar-refractivity contribution in [1.29, 1.82) is 0 Å². The number of halogens is 1. The molecule has 0 bridgehead atoms. The summed E-state index contributed by atoms with van der Waals surface area (Å²) in [6.07, 6.45) is 11.7. The van der Waals surface area contributed by atoms with Crippen molar-refractivity contribution in [1.82, 2.24) is 4.57 Å². The summed E-state index contributed by atoms with van der Waals surface area (Å²) < 4.78 is 4.18. The highest BCUT2D eigenvalue weighted by Gasteiger charge is 2.12. The van der Waals surface area contributed by atoms with Crippen LogP contribution in [0.15, 0.2) is 36.9 Å². The first kappa shape index (κ1) is 20.6. The molecule has 1 aromatic carbocycles. The van der Waals surface area contributed by atoms with Crippen LogP contribution in [0.1, 0.15) is 49.3 Å². The minimum atomic E-state index is 0. The van der Waals surface area contributed by atoms with Crippen LogP contribution in [0.5, 0.6) is 0 Å². The summed E-state index contributed by atoms with van der Waals surface area (Å²) in [7, 11) is 0. The Bertz CT molecular complexity index is 629. The number of Topliss-reactive ketones (excluding diaryl/α,β-unsaturated/α-hetero) is 1. The number of carbonyl (C=O) groups is 1. The van der Waals surface area contributed by atoms with E-state index in [1.54, 1.807) is 0 Å². The van der Waals surface area contributed by atoms with E-state index in [4.69, 9.17) is 0 Å². The van der Waals surface area contributed by atoms with Gasteiger partial charge in [-0.1, -0.05) is 38.0 Å². The fraction of sp³-hybridized carbons (Fsp3) is 0.500. The third kappa shape index (κ3) is 6.23. The van der Waals surface area contributed by atoms with Gasteiger partial charge in [-0.25, -0.2) is 9.13 Å². The van der Waals surface area contributed by atoms with Crippen LogP contribution in [0.3, 0.4) is 0 Å². The Kier molecular flexibility index (Phi) is 8.98. The van der Waals surface area contributed by atoms with Crippen LogP contribution in [0.25, 0.3) is 0 Å². The number of ketones is 1. The van der Waals surface area contributed by atoms with Gasteiger partial charge in [0.05, 0.1) is 6.54 Å². The lowest BCUT2D eigenvalue weighted by Crippen LogP contribution is -3.00. The number of hydrogen-bond donors (Lipinski definition) is 0. The minimum Gasteiger partial charge on any atom is -1.00 e. The van der Waals surface area contributed by atoms with Crippen molar-refractivity contribution >= 4 is 5.78 Å². The van der Waals surface area contributed by atoms with Gasteiger partial charge < -0.3 is 17.0 Å². The van der Waals surface area contributed by atoms with Gasteiger partial charge in [0, 0.05) is 6.42 Å². The molecule has 2 aromatic rings. The Morgan fingerprint density at radius 1 is 1.12 bits per heavy atom. The van der Waals surface area contributed by atoms with Crippen LogP contribution in [-0.2, 0) is 24.3 Å². The van der Waals surface area contributed by atoms with Crippen molar-refractivity contribution in [3.05, 3.63) is 53.6 Å². The van der Waals surface area contributed by atoms with Gasteiger partial charge in [-0.3, -0.25) is 4.79 Å². The van der Waals surface area contributed by atoms with E-state index in [0.717, 1.165) is 6.54 Å². The molecule has 4 heteroatoms. The van der Waals surface area contributed by atoms with E-state index in [1.807, 2.05) is 16.8 Å². The topological polar surface area (TPSA) is 25.9 Å². The lowest BCUT2D eigenvalue weighted by molar-refractivity contribution is -0.683. The highest BCUT2D eigenvalue weighted by Crippen LogP contribution is 2.14. The predicted molar refractivity (Wildman–Crippen MR) is 93.4 cm³/mol. The summed E-state index contributed by atoms with van der Waals surface area (Å²) in [5, 5.41) is 0. The molecule has 2 rings (SSSR count). The molecule has 1 aromatic heterocycles. The number of aromatic nitrogens is 2. The van der Waals surface area contributed by atoms with Crippen molar-refractivity contribution in [3.8, 4) is 0 Å². The Labute approximate surface area is 156 Å². The molecule has 0 radical (unpaired) electrons. The predicted octanol–water partition coefficient (Wildman–Crippen LogP) is 0.789. The zero-order valence-electron chi connectivity index (χ0n) is 15.1. The van der Waals surface area contributed by atoms with Crippen molar-refractivity contribution < 1.29 is 26.3 Å². The monoisotopic (exact) mass is 392 g/mol. The van der Waals surface area contributed by atoms with Crippen LogP contribution in [0, 0.1) is 13.8 Å². The fourth-order valence-corrected chi connectivity index (χ4v) is 2.97. The van der Waals surface area contributed by atoms with Crippen molar-refractivity contribution in [2.45, 2.75) is 66.0 Å². The van der Waals surface area contributed by atoms with E-state index < -0.39 is 0 Å². The van der Waals surface area contributed by atoms with E-state index in [2.05, 4.69) is 50.0 Å². The normalized spacial score (nSPS) is 10.5. The zero-order chi connectivity index (χ0) is 16.7. The van der Waals surface area contributed by atoms with E-state index in [9.17, 15) is 4.79 Å². The molecule has 0 amide bonds. The molecule has 0 saturated carbocycles. The first-order valence-electron chi connectivity index (χ1n) is 8.71. The summed E-state index contributed by atoms with van der Waals surface area (Å²) in [5.41, 5.74) is 3.59. The molecule has 3 nitrogen and oxygen atoms in total. The Morgan fingerprint density at radius 3 is 2.50 bits per heavy atom. The van der Waals surface area contributed by atoms with Crippen LogP contribution < -0.4 is 21.5 Å². The maximum atomic E-state index is 12.4. The summed E-state index contributed by atoms with van der Waals surface area (Å²) in [4.78, 5) is 12.4. The molecular weight excluding hydrogens is 364 g/mol. The number of hydrogen-bond acceptors (Lipinski definition) is 1. The lowest BCUT2D eigenvalue weighted by atomic mass is 9.98. The molecule has 1 heterocycles. The van der Waals surface area contributed by atoms with Gasteiger partial charge in [-0.05, 0) is 43.4 Å². The molecule has 0 fully saturated rings. The quantitative estimate of drug-likeness (QED) is 0.457. The zero-order valence-corrected chi connectivity index (χ0v) is 16.7. The first-order valence-corrected chi connectivity index (χ1v) is 8.71. The Morgan fingerprint density at radius 2 is 1.83 bits per heavy atom. The van der Waals surface area contributed by atoms with Gasteiger partial charge in [-0.15, -0.1) is 0 Å². The van der Waals surface area contributed by atoms with Gasteiger partial charge in [0.25, 0.3) is 0 Å². The molecule has 0 spiro atoms. The maximum absolute atomic E-state index is 12.4. The number of benzene rings is 1. The second kappa shape index (κ2) is 10.4. The number of nitrogens with zero attached hydrogens (tertiary/aromatic N) is 2. The summed E-state index contributed by atoms with van der Waals surface area (Å²) in [6.45, 7) is 7.88. The smallest absolute Gasteiger partial charge is 0.244 e. The van der Waals surface area contributed by atoms with E-state index in [-0.39, 0.29) is 22.8 Å². The third-order valence-corrected chi connectivity index (χ3v) is 4.39. The lowest BCUT2D eigenvalue weighted by Gasteiger charge is -2.07. The SMILES string of the molecule is CCCCCCn1cc[n+](CC(=O)Cc2c(C)cccc2C)c1.[Br-]. The van der Waals surface area contributed by atoms with Gasteiger partial charge >= 0.3 is 0 Å². The Hall–Kier alpha value is -1.42. The average Bonchev–Trinajstić information content (AvgIpc) is 2.95. The molecule has 0 atom stereocenters. The molecule has 0 N–H and O–H groups in total. The third-order valence-electron chi connectivity index (χ3n) is 4.39. The molecule has 0 unspecified atom stereocenters. The maximum Gasteiger partial charge on any atom is 0.244 e. The second-order valence-electron chi connectivity index (χ2n) is 6.47. The first-order chi connectivity index (χ1) is 11.1. The Balaban J connectivity index is 0.00000288. The molecule has 132 valence electrons. The number of rotatable bonds is 9. The summed E-state index contributed by atoms with van der Waals surface area (Å²) in [5.74, 6) is 0.260. The van der Waals surface area contributed by atoms with E-state index in [0.29, 0.717) is 13.0 Å². The van der Waals surface area contributed by atoms with Gasteiger partial charge in [-0.2, -0.15) is 0 Å². The molecule has 24 heavy (non-hydrogen) atoms. The van der Waals surface area contributed by atoms with Gasteiger partial charge in [0.1, 0.15) is 18.9 Å². The van der Waals surface area contributed by atoms with Gasteiger partial charge in [0.2, 0.25) is 6.33 Å². The standard InChI is InChI=1S/C20H29N2O.BrH/c1-4-5-6-7-11-21-12-13-22(16-21)15-19(23)14-20-17(2)9-8-10-18(20)3;/h8-10,12-13,16H,4-7,11,14-15H2,1-3H3;1H/q+1;/p-1. The molecular formula is C20H29BrN2O. The minimum absolute atomic E-state index is 0. The number of unbranched alkanes of at least 4 members (excludes halogenated alkanes) is 3. The number of imidazole rings is 1. The van der Waals surface area contributed by atoms with Crippen molar-refractivity contribution in [2.24, 2.45) is 0 Å². The van der Waals surface area contributed by atoms with Crippen LogP contribution in [0.4, 0.5) is 0 Å². The van der Waals surface area contributed by atoms with E-state index >= 15 is 0 Å². The number of carbonyl (C=O) groups excluding carboxylic acids is 1. The average molecular weight is 393 g/mol. The molecule has 0 saturated heterocycles. The highest BCUT2D eigenvalue weighted by molar-refractivity contribution is 5.80. The van der Waals surface area contributed by atoms with Crippen LogP contribution in [-0.4, -0.2) is 10.4 Å². The largest absolute Gasteiger partial charge is 1.00 e. The van der Waals surface area contributed by atoms with Crippen molar-refractivity contribution in [3.63, 3.8) is 0 Å².